The molecule has 0 radical (unpaired) electrons. The number of benzene rings is 3. The number of aliphatic hydroxyl groups excluding tert-OH is 1. The van der Waals surface area contributed by atoms with E-state index in [1.807, 2.05) is 54.6 Å². The molecule has 16 heteroatoms. The molecule has 5 aliphatic rings. The monoisotopic (exact) mass is 805 g/mol. The SMILES string of the molecule is CN(C(=O)[C@@]12C[C@H]3OC(=O)[C@@H]1N(Cc1ccc(C=CC(=O)OCC(F)(F)F)cc1)O[C@@H]2[C@H]1OC2(Cc4ccccc4C2)O[C@H]13)[C@H](Cc1ccccc1)C(=O)NCCO. The van der Waals surface area contributed by atoms with E-state index in [2.05, 4.69) is 10.1 Å². The summed E-state index contributed by atoms with van der Waals surface area (Å²) in [6.07, 6.45) is -4.86. The van der Waals surface area contributed by atoms with Crippen molar-refractivity contribution in [1.82, 2.24) is 15.3 Å². The van der Waals surface area contributed by atoms with Gasteiger partial charge in [0.15, 0.2) is 18.4 Å². The van der Waals surface area contributed by atoms with Crippen molar-refractivity contribution in [1.29, 1.82) is 0 Å². The lowest BCUT2D eigenvalue weighted by Gasteiger charge is -2.50. The molecule has 0 aromatic heterocycles. The van der Waals surface area contributed by atoms with Gasteiger partial charge in [-0.15, -0.1) is 0 Å². The number of alkyl halides is 3. The number of hydrogen-bond donors (Lipinski definition) is 2. The smallest absolute Gasteiger partial charge is 0.422 e. The second-order valence-electron chi connectivity index (χ2n) is 15.4. The molecule has 7 atom stereocenters. The number of nitrogens with zero attached hydrogens (tertiary/aromatic N) is 2. The lowest BCUT2D eigenvalue weighted by molar-refractivity contribution is -0.218. The van der Waals surface area contributed by atoms with E-state index in [9.17, 15) is 32.7 Å². The summed E-state index contributed by atoms with van der Waals surface area (Å²) in [6, 6.07) is 21.4. The molecule has 0 unspecified atom stereocenters. The highest BCUT2D eigenvalue weighted by Crippen LogP contribution is 2.59. The van der Waals surface area contributed by atoms with Crippen molar-refractivity contribution >= 4 is 29.8 Å². The number of nitrogens with one attached hydrogen (secondary N) is 1. The number of esters is 2. The summed E-state index contributed by atoms with van der Waals surface area (Å²) in [5.41, 5.74) is 2.46. The topological polar surface area (TPSA) is 153 Å². The van der Waals surface area contributed by atoms with Crippen molar-refractivity contribution in [3.8, 4) is 0 Å². The number of carbonyl (C=O) groups is 4. The second kappa shape index (κ2) is 15.6. The van der Waals surface area contributed by atoms with Gasteiger partial charge in [-0.05, 0) is 33.9 Å². The fourth-order valence-corrected chi connectivity index (χ4v) is 9.03. The van der Waals surface area contributed by atoms with Gasteiger partial charge in [-0.25, -0.2) is 4.79 Å². The summed E-state index contributed by atoms with van der Waals surface area (Å²) < 4.78 is 61.2. The van der Waals surface area contributed by atoms with E-state index in [-0.39, 0.29) is 32.5 Å². The molecular weight excluding hydrogens is 763 g/mol. The minimum atomic E-state index is -4.65. The van der Waals surface area contributed by atoms with Crippen molar-refractivity contribution in [2.24, 2.45) is 5.41 Å². The number of rotatable bonds is 12. The van der Waals surface area contributed by atoms with Gasteiger partial charge in [-0.2, -0.15) is 18.2 Å². The Labute approximate surface area is 331 Å². The van der Waals surface area contributed by atoms with Crippen LogP contribution in [-0.4, -0.2) is 114 Å². The van der Waals surface area contributed by atoms with Gasteiger partial charge >= 0.3 is 18.1 Å². The average Bonchev–Trinajstić information content (AvgIpc) is 3.88. The van der Waals surface area contributed by atoms with Crippen molar-refractivity contribution in [2.75, 3.05) is 26.8 Å². The minimum Gasteiger partial charge on any atom is -0.458 e. The molecule has 2 aliphatic carbocycles. The number of amides is 2. The molecule has 58 heavy (non-hydrogen) atoms. The van der Waals surface area contributed by atoms with Crippen LogP contribution in [0, 0.1) is 5.41 Å². The summed E-state index contributed by atoms with van der Waals surface area (Å²) in [5, 5.41) is 13.6. The molecule has 3 aromatic rings. The zero-order chi connectivity index (χ0) is 40.8. The third kappa shape index (κ3) is 7.50. The Balaban J connectivity index is 1.11. The molecule has 2 amide bonds. The largest absolute Gasteiger partial charge is 0.458 e. The maximum atomic E-state index is 15.4. The fourth-order valence-electron chi connectivity index (χ4n) is 9.03. The van der Waals surface area contributed by atoms with Gasteiger partial charge in [0.1, 0.15) is 35.9 Å². The van der Waals surface area contributed by atoms with Gasteiger partial charge in [0, 0.05) is 45.4 Å². The number of fused-ring (bicyclic) bond motifs is 5. The molecule has 3 saturated heterocycles. The van der Waals surface area contributed by atoms with Crippen molar-refractivity contribution in [3.05, 3.63) is 113 Å². The number of hydrogen-bond acceptors (Lipinski definition) is 11. The Kier molecular flexibility index (Phi) is 10.6. The average molecular weight is 806 g/mol. The van der Waals surface area contributed by atoms with Gasteiger partial charge in [0.25, 0.3) is 0 Å². The Morgan fingerprint density at radius 3 is 2.33 bits per heavy atom. The Hall–Kier alpha value is -5.13. The molecule has 4 fully saturated rings. The summed E-state index contributed by atoms with van der Waals surface area (Å²) in [7, 11) is 1.53. The molecule has 2 N–H and O–H groups in total. The van der Waals surface area contributed by atoms with Crippen LogP contribution >= 0.6 is 0 Å². The highest BCUT2D eigenvalue weighted by Gasteiger charge is 2.77. The molecule has 3 aliphatic heterocycles. The highest BCUT2D eigenvalue weighted by molar-refractivity contribution is 5.96. The van der Waals surface area contributed by atoms with E-state index in [1.165, 1.54) is 23.1 Å². The number of halogens is 3. The van der Waals surface area contributed by atoms with Crippen molar-refractivity contribution < 1.29 is 61.2 Å². The number of hydroxylamine groups is 2. The zero-order valence-electron chi connectivity index (χ0n) is 31.4. The van der Waals surface area contributed by atoms with E-state index in [1.54, 1.807) is 24.3 Å². The van der Waals surface area contributed by atoms with Gasteiger partial charge in [0.2, 0.25) is 11.8 Å². The second-order valence-corrected chi connectivity index (χ2v) is 15.4. The van der Waals surface area contributed by atoms with Crippen LogP contribution in [0.15, 0.2) is 84.9 Å². The maximum Gasteiger partial charge on any atom is 0.422 e. The molecular formula is C42H42F3N3O10. The molecule has 3 aromatic carbocycles. The predicted molar refractivity (Wildman–Crippen MR) is 197 cm³/mol. The lowest BCUT2D eigenvalue weighted by Crippen LogP contribution is -2.70. The van der Waals surface area contributed by atoms with Crippen LogP contribution in [0.3, 0.4) is 0 Å². The van der Waals surface area contributed by atoms with Crippen LogP contribution in [0.4, 0.5) is 13.2 Å². The molecule has 3 heterocycles. The quantitative estimate of drug-likeness (QED) is 0.205. The van der Waals surface area contributed by atoms with Crippen molar-refractivity contribution in [2.45, 2.75) is 80.7 Å². The van der Waals surface area contributed by atoms with Crippen LogP contribution in [0.5, 0.6) is 0 Å². The fraction of sp³-hybridized carbons (Fsp3) is 0.429. The molecule has 2 bridgehead atoms. The summed E-state index contributed by atoms with van der Waals surface area (Å²) in [6.45, 7) is -2.03. The normalized spacial score (nSPS) is 27.2. The molecule has 13 nitrogen and oxygen atoms in total. The van der Waals surface area contributed by atoms with Gasteiger partial charge in [0.05, 0.1) is 13.2 Å². The van der Waals surface area contributed by atoms with E-state index >= 15 is 4.79 Å². The molecule has 1 spiro atoms. The van der Waals surface area contributed by atoms with Crippen LogP contribution in [0.2, 0.25) is 0 Å². The summed E-state index contributed by atoms with van der Waals surface area (Å²) in [4.78, 5) is 63.3. The standard InChI is InChI=1S/C42H42F3N3O10/c1-47(30(37(51)46-17-18-49)19-26-7-3-2-4-8-26)39(53)41-22-31-33-34(57-40(56-33)20-28-9-5-6-10-29(28)21-40)36(41)58-48(35(41)38(52)55-31)23-27-13-11-25(12-14-27)15-16-32(50)54-24-42(43,44)45/h2-16,30-31,33-36,49H,17-24H2,1H3,(H,46,51)/t30-,31-,33+,34+,35+,36-,41+/m1/s1. The first-order valence-corrected chi connectivity index (χ1v) is 19.1. The first-order chi connectivity index (χ1) is 27.8. The highest BCUT2D eigenvalue weighted by atomic mass is 19.4. The first-order valence-electron chi connectivity index (χ1n) is 19.1. The van der Waals surface area contributed by atoms with E-state index < -0.39 is 84.2 Å². The predicted octanol–water partition coefficient (Wildman–Crippen LogP) is 3.06. The number of likely N-dealkylation sites (N-methyl/N-ethyl adjacent to an activating group) is 1. The Morgan fingerprint density at radius 2 is 1.66 bits per heavy atom. The summed E-state index contributed by atoms with van der Waals surface area (Å²) in [5.74, 6) is -3.92. The molecule has 1 saturated carbocycles. The Morgan fingerprint density at radius 1 is 0.983 bits per heavy atom. The van der Waals surface area contributed by atoms with Crippen molar-refractivity contribution in [3.63, 3.8) is 0 Å². The number of aliphatic hydroxyl groups is 1. The van der Waals surface area contributed by atoms with Gasteiger partial charge < -0.3 is 34.3 Å². The molecule has 306 valence electrons. The molecule has 8 rings (SSSR count). The third-order valence-corrected chi connectivity index (χ3v) is 11.6. The van der Waals surface area contributed by atoms with E-state index in [4.69, 9.17) is 19.0 Å². The van der Waals surface area contributed by atoms with Crippen LogP contribution in [-0.2, 0) is 68.8 Å². The summed E-state index contributed by atoms with van der Waals surface area (Å²) >= 11 is 0. The van der Waals surface area contributed by atoms with Gasteiger partial charge in [-0.1, -0.05) is 78.9 Å². The van der Waals surface area contributed by atoms with Crippen LogP contribution in [0.1, 0.15) is 34.2 Å². The number of ether oxygens (including phenoxy) is 4. The number of carbonyl (C=O) groups excluding carboxylic acids is 4. The third-order valence-electron chi connectivity index (χ3n) is 11.6. The van der Waals surface area contributed by atoms with Crippen LogP contribution in [0.25, 0.3) is 6.08 Å². The van der Waals surface area contributed by atoms with E-state index in [0.717, 1.165) is 22.8 Å². The van der Waals surface area contributed by atoms with Crippen LogP contribution < -0.4 is 5.32 Å². The maximum absolute atomic E-state index is 15.4. The van der Waals surface area contributed by atoms with Gasteiger partial charge in [-0.3, -0.25) is 19.2 Å². The van der Waals surface area contributed by atoms with E-state index in [0.29, 0.717) is 24.0 Å². The minimum absolute atomic E-state index is 0.00342. The lowest BCUT2D eigenvalue weighted by atomic mass is 9.62. The zero-order valence-corrected chi connectivity index (χ0v) is 31.4. The Bertz CT molecular complexity index is 2060. The first kappa shape index (κ1) is 39.7.